The average molecular weight is 589 g/mol. The maximum atomic E-state index is 13.1. The number of carbonyl (C=O) groups excluding carboxylic acids is 5. The number of alkyl halides is 1. The summed E-state index contributed by atoms with van der Waals surface area (Å²) in [6, 6.07) is -1.36. The number of nitrogens with two attached hydrogens (primary N) is 1. The number of carbonyl (C=O) groups is 5. The van der Waals surface area contributed by atoms with Gasteiger partial charge in [-0.1, -0.05) is 57.1 Å². The van der Waals surface area contributed by atoms with Crippen LogP contribution in [0.1, 0.15) is 86.5 Å². The summed E-state index contributed by atoms with van der Waals surface area (Å²) in [5.74, 6) is -1.52. The fourth-order valence-corrected chi connectivity index (χ4v) is 3.93. The van der Waals surface area contributed by atoms with Crippen molar-refractivity contribution in [3.05, 3.63) is 12.2 Å². The zero-order chi connectivity index (χ0) is 28.8. The summed E-state index contributed by atoms with van der Waals surface area (Å²) in [6.07, 6.45) is 2.94. The number of ketones is 2. The number of primary amides is 1. The van der Waals surface area contributed by atoms with E-state index in [1.54, 1.807) is 27.7 Å². The number of hydrogen-bond donors (Lipinski definition) is 3. The van der Waals surface area contributed by atoms with Crippen LogP contribution in [0.25, 0.3) is 0 Å². The molecule has 0 saturated carbocycles. The quantitative estimate of drug-likeness (QED) is 0.0947. The van der Waals surface area contributed by atoms with Crippen molar-refractivity contribution >= 4 is 45.4 Å². The van der Waals surface area contributed by atoms with Gasteiger partial charge in [0.25, 0.3) is 0 Å². The van der Waals surface area contributed by atoms with Crippen molar-refractivity contribution in [3.63, 3.8) is 0 Å². The van der Waals surface area contributed by atoms with E-state index in [0.29, 0.717) is 56.0 Å². The van der Waals surface area contributed by atoms with Crippen LogP contribution in [0.2, 0.25) is 0 Å². The molecule has 212 valence electrons. The molecule has 0 aliphatic rings. The van der Waals surface area contributed by atoms with Crippen molar-refractivity contribution in [1.29, 1.82) is 0 Å². The predicted octanol–water partition coefficient (Wildman–Crippen LogP) is 4.21. The van der Waals surface area contributed by atoms with E-state index in [4.69, 9.17) is 10.5 Å². The van der Waals surface area contributed by atoms with E-state index in [0.717, 1.165) is 0 Å². The minimum Gasteiger partial charge on any atom is -0.459 e. The third-order valence-electron chi connectivity index (χ3n) is 6.00. The van der Waals surface area contributed by atoms with Gasteiger partial charge in [-0.2, -0.15) is 0 Å². The summed E-state index contributed by atoms with van der Waals surface area (Å²) in [4.78, 5) is 61.4. The molecule has 3 atom stereocenters. The molecule has 9 nitrogen and oxygen atoms in total. The first-order valence-corrected chi connectivity index (χ1v) is 14.1. The van der Waals surface area contributed by atoms with E-state index < -0.39 is 29.4 Å². The Kier molecular flexibility index (Phi) is 16.3. The topological polar surface area (TPSA) is 145 Å². The Balaban J connectivity index is 4.89. The van der Waals surface area contributed by atoms with Crippen LogP contribution in [0.5, 0.6) is 0 Å². The highest BCUT2D eigenvalue weighted by Crippen LogP contribution is 2.22. The van der Waals surface area contributed by atoms with Gasteiger partial charge in [0.15, 0.2) is 5.78 Å². The molecule has 0 aromatic rings. The Morgan fingerprint density at radius 1 is 1.00 bits per heavy atom. The molecule has 3 amide bonds. The summed E-state index contributed by atoms with van der Waals surface area (Å²) in [5.41, 5.74) is 4.78. The lowest BCUT2D eigenvalue weighted by Crippen LogP contribution is -2.48. The van der Waals surface area contributed by atoms with Gasteiger partial charge in [0, 0.05) is 41.6 Å². The Bertz CT molecular complexity index is 806. The number of rotatable bonds is 18. The second kappa shape index (κ2) is 17.3. The van der Waals surface area contributed by atoms with Gasteiger partial charge in [0.05, 0.1) is 12.1 Å². The molecule has 0 rings (SSSR count). The Morgan fingerprint density at radius 2 is 1.62 bits per heavy atom. The summed E-state index contributed by atoms with van der Waals surface area (Å²) < 4.78 is 5.30. The van der Waals surface area contributed by atoms with Crippen LogP contribution in [0.4, 0.5) is 4.79 Å². The number of amides is 3. The number of urea groups is 1. The molecule has 0 bridgehead atoms. The van der Waals surface area contributed by atoms with Gasteiger partial charge >= 0.3 is 12.0 Å². The molecule has 1 unspecified atom stereocenters. The van der Waals surface area contributed by atoms with Crippen LogP contribution in [0.15, 0.2) is 12.2 Å². The van der Waals surface area contributed by atoms with Crippen LogP contribution in [-0.4, -0.2) is 53.5 Å². The maximum absolute atomic E-state index is 13.1. The van der Waals surface area contributed by atoms with Gasteiger partial charge in [-0.3, -0.25) is 14.4 Å². The van der Waals surface area contributed by atoms with Crippen molar-refractivity contribution in [2.24, 2.45) is 23.0 Å². The predicted molar refractivity (Wildman–Crippen MR) is 148 cm³/mol. The van der Waals surface area contributed by atoms with Crippen LogP contribution in [0.3, 0.4) is 0 Å². The molecule has 10 heteroatoms. The standard InChI is InChI=1S/C27H46BrN3O6/c1-17(2)21(15-20(32)12-9-8-11-19(4)37-25(35)18(3)16-28)24(34)31-22(23(33)27(5,6)7)13-10-14-30-26(29)36/h17,19,21-22H,3,8-16H2,1-2,4-7H3,(H,31,34)(H3,29,30,36)/t19?,21-,22-/m0/s1. The number of Topliss-reactive ketones (excluding diaryl/α,β-unsaturated/α-hetero) is 2. The number of esters is 1. The van der Waals surface area contributed by atoms with Gasteiger partial charge in [-0.15, -0.1) is 0 Å². The molecule has 0 aromatic carbocycles. The molecule has 0 fully saturated rings. The second-order valence-electron chi connectivity index (χ2n) is 10.9. The minimum absolute atomic E-state index is 0.0180. The third-order valence-corrected chi connectivity index (χ3v) is 6.68. The smallest absolute Gasteiger partial charge is 0.334 e. The second-order valence-corrected chi connectivity index (χ2v) is 11.5. The summed E-state index contributed by atoms with van der Waals surface area (Å²) in [7, 11) is 0. The maximum Gasteiger partial charge on any atom is 0.334 e. The van der Waals surface area contributed by atoms with Crippen molar-refractivity contribution in [3.8, 4) is 0 Å². The molecule has 0 saturated heterocycles. The molecule has 0 spiro atoms. The normalized spacial score (nSPS) is 13.8. The molecule has 4 N–H and O–H groups in total. The molecule has 0 aliphatic heterocycles. The molecule has 0 heterocycles. The fourth-order valence-electron chi connectivity index (χ4n) is 3.70. The molecule has 0 radical (unpaired) electrons. The van der Waals surface area contributed by atoms with Crippen LogP contribution < -0.4 is 16.4 Å². The molecule has 0 aromatic heterocycles. The highest BCUT2D eigenvalue weighted by Gasteiger charge is 2.33. The van der Waals surface area contributed by atoms with Crippen molar-refractivity contribution in [2.45, 2.75) is 98.6 Å². The lowest BCUT2D eigenvalue weighted by molar-refractivity contribution is -0.143. The van der Waals surface area contributed by atoms with E-state index in [2.05, 4.69) is 33.1 Å². The number of hydrogen-bond acceptors (Lipinski definition) is 6. The molecular formula is C27H46BrN3O6. The van der Waals surface area contributed by atoms with E-state index in [1.165, 1.54) is 0 Å². The summed E-state index contributed by atoms with van der Waals surface area (Å²) in [5, 5.41) is 5.71. The lowest BCUT2D eigenvalue weighted by Gasteiger charge is -2.28. The van der Waals surface area contributed by atoms with Crippen molar-refractivity contribution in [2.75, 3.05) is 11.9 Å². The Morgan fingerprint density at radius 3 is 2.14 bits per heavy atom. The van der Waals surface area contributed by atoms with Gasteiger partial charge in [0.2, 0.25) is 5.91 Å². The fraction of sp³-hybridized carbons (Fsp3) is 0.741. The van der Waals surface area contributed by atoms with Gasteiger partial charge in [-0.25, -0.2) is 9.59 Å². The SMILES string of the molecule is C=C(CBr)C(=O)OC(C)CCCCC(=O)C[C@H](C(=O)N[C@@H](CCCNC(N)=O)C(=O)C(C)(C)C)C(C)C. The number of ether oxygens (including phenoxy) is 1. The average Bonchev–Trinajstić information content (AvgIpc) is 2.79. The number of unbranched alkanes of at least 4 members (excludes halogenated alkanes) is 1. The number of nitrogens with one attached hydrogen (secondary N) is 2. The third kappa shape index (κ3) is 14.9. The highest BCUT2D eigenvalue weighted by atomic mass is 79.9. The van der Waals surface area contributed by atoms with Crippen LogP contribution in [-0.2, 0) is 23.9 Å². The van der Waals surface area contributed by atoms with Gasteiger partial charge in [-0.05, 0) is 44.9 Å². The summed E-state index contributed by atoms with van der Waals surface area (Å²) >= 11 is 3.17. The molecule has 0 aliphatic carbocycles. The highest BCUT2D eigenvalue weighted by molar-refractivity contribution is 9.09. The minimum atomic E-state index is -0.719. The van der Waals surface area contributed by atoms with E-state index in [-0.39, 0.29) is 35.9 Å². The van der Waals surface area contributed by atoms with Gasteiger partial charge < -0.3 is 21.1 Å². The first-order chi connectivity index (χ1) is 17.1. The van der Waals surface area contributed by atoms with Crippen LogP contribution in [0, 0.1) is 17.3 Å². The van der Waals surface area contributed by atoms with Crippen molar-refractivity contribution < 1.29 is 28.7 Å². The first-order valence-electron chi connectivity index (χ1n) is 12.9. The zero-order valence-electron chi connectivity index (χ0n) is 23.3. The number of halogens is 1. The van der Waals surface area contributed by atoms with Crippen molar-refractivity contribution in [1.82, 2.24) is 10.6 Å². The lowest BCUT2D eigenvalue weighted by atomic mass is 9.83. The largest absolute Gasteiger partial charge is 0.459 e. The first kappa shape index (κ1) is 34.8. The Hall–Kier alpha value is -2.23. The monoisotopic (exact) mass is 587 g/mol. The van der Waals surface area contributed by atoms with E-state index >= 15 is 0 Å². The Labute approximate surface area is 230 Å². The van der Waals surface area contributed by atoms with Crippen LogP contribution >= 0.6 is 15.9 Å². The summed E-state index contributed by atoms with van der Waals surface area (Å²) in [6.45, 7) is 14.9. The van der Waals surface area contributed by atoms with E-state index in [9.17, 15) is 24.0 Å². The molecule has 37 heavy (non-hydrogen) atoms. The zero-order valence-corrected chi connectivity index (χ0v) is 24.9. The van der Waals surface area contributed by atoms with E-state index in [1.807, 2.05) is 13.8 Å². The molecular weight excluding hydrogens is 542 g/mol. The van der Waals surface area contributed by atoms with Gasteiger partial charge in [0.1, 0.15) is 5.78 Å².